The molecule has 4 aromatic rings. The minimum Gasteiger partial charge on any atom is -0.356 e. The van der Waals surface area contributed by atoms with Crippen LogP contribution in [-0.2, 0) is 0 Å². The van der Waals surface area contributed by atoms with Gasteiger partial charge in [-0.3, -0.25) is 4.98 Å². The monoisotopic (exact) mass is 414 g/mol. The average molecular weight is 414 g/mol. The molecular formula is C22H22N8O. The SMILES string of the molecule is Cc1ccc(-c2nc(N3CCN(c4ncccn4)CC3)ncc2-c2cc(C)no2)cn1. The highest BCUT2D eigenvalue weighted by molar-refractivity contribution is 5.78. The lowest BCUT2D eigenvalue weighted by Gasteiger charge is -2.34. The van der Waals surface area contributed by atoms with Crippen LogP contribution in [0.4, 0.5) is 11.9 Å². The van der Waals surface area contributed by atoms with E-state index in [-0.39, 0.29) is 0 Å². The molecule has 9 heteroatoms. The summed E-state index contributed by atoms with van der Waals surface area (Å²) in [7, 11) is 0. The molecule has 31 heavy (non-hydrogen) atoms. The van der Waals surface area contributed by atoms with Gasteiger partial charge in [0.2, 0.25) is 11.9 Å². The van der Waals surface area contributed by atoms with Crippen molar-refractivity contribution in [3.05, 3.63) is 60.4 Å². The Labute approximate surface area is 179 Å². The molecule has 1 aliphatic heterocycles. The van der Waals surface area contributed by atoms with Crippen LogP contribution in [0.2, 0.25) is 0 Å². The second kappa shape index (κ2) is 8.10. The van der Waals surface area contributed by atoms with E-state index in [0.717, 1.165) is 60.3 Å². The predicted molar refractivity (Wildman–Crippen MR) is 117 cm³/mol. The summed E-state index contributed by atoms with van der Waals surface area (Å²) in [4.78, 5) is 27.1. The minimum absolute atomic E-state index is 0.644. The van der Waals surface area contributed by atoms with Gasteiger partial charge in [0, 0.05) is 68.3 Å². The zero-order valence-corrected chi connectivity index (χ0v) is 17.4. The molecule has 0 saturated carbocycles. The molecule has 0 unspecified atom stereocenters. The van der Waals surface area contributed by atoms with Crippen LogP contribution >= 0.6 is 0 Å². The fraction of sp³-hybridized carbons (Fsp3) is 0.273. The van der Waals surface area contributed by atoms with Crippen LogP contribution in [-0.4, -0.2) is 56.3 Å². The van der Waals surface area contributed by atoms with Gasteiger partial charge in [-0.25, -0.2) is 19.9 Å². The first kappa shape index (κ1) is 19.1. The van der Waals surface area contributed by atoms with Crippen LogP contribution in [0.5, 0.6) is 0 Å². The molecule has 0 N–H and O–H groups in total. The van der Waals surface area contributed by atoms with Crippen molar-refractivity contribution in [1.29, 1.82) is 0 Å². The maximum absolute atomic E-state index is 5.50. The van der Waals surface area contributed by atoms with E-state index in [1.165, 1.54) is 0 Å². The third kappa shape index (κ3) is 3.94. The van der Waals surface area contributed by atoms with E-state index < -0.39 is 0 Å². The van der Waals surface area contributed by atoms with Crippen molar-refractivity contribution in [3.8, 4) is 22.6 Å². The van der Waals surface area contributed by atoms with Gasteiger partial charge in [0.1, 0.15) is 0 Å². The average Bonchev–Trinajstić information content (AvgIpc) is 3.26. The Hall–Kier alpha value is -3.88. The summed E-state index contributed by atoms with van der Waals surface area (Å²) in [6, 6.07) is 7.71. The molecule has 0 aliphatic carbocycles. The molecule has 1 aliphatic rings. The number of hydrogen-bond acceptors (Lipinski definition) is 9. The molecule has 0 atom stereocenters. The molecule has 4 aromatic heterocycles. The van der Waals surface area contributed by atoms with E-state index in [1.807, 2.05) is 50.5 Å². The molecule has 156 valence electrons. The molecule has 5 rings (SSSR count). The summed E-state index contributed by atoms with van der Waals surface area (Å²) in [6.45, 7) is 7.03. The topological polar surface area (TPSA) is 97.0 Å². The van der Waals surface area contributed by atoms with Crippen LogP contribution in [0.15, 0.2) is 53.6 Å². The van der Waals surface area contributed by atoms with Crippen molar-refractivity contribution in [2.75, 3.05) is 36.0 Å². The van der Waals surface area contributed by atoms with E-state index in [2.05, 4.69) is 34.9 Å². The van der Waals surface area contributed by atoms with Gasteiger partial charge in [-0.05, 0) is 32.0 Å². The smallest absolute Gasteiger partial charge is 0.226 e. The van der Waals surface area contributed by atoms with Crippen LogP contribution in [0.3, 0.4) is 0 Å². The Morgan fingerprint density at radius 3 is 2.19 bits per heavy atom. The Kier molecular flexibility index (Phi) is 4.99. The van der Waals surface area contributed by atoms with Crippen LogP contribution in [0.1, 0.15) is 11.4 Å². The fourth-order valence-corrected chi connectivity index (χ4v) is 3.58. The van der Waals surface area contributed by atoms with Crippen molar-refractivity contribution in [1.82, 2.24) is 30.1 Å². The highest BCUT2D eigenvalue weighted by atomic mass is 16.5. The molecular weight excluding hydrogens is 392 g/mol. The lowest BCUT2D eigenvalue weighted by molar-refractivity contribution is 0.427. The number of aromatic nitrogens is 6. The van der Waals surface area contributed by atoms with E-state index in [9.17, 15) is 0 Å². The Morgan fingerprint density at radius 1 is 0.806 bits per heavy atom. The number of rotatable bonds is 4. The zero-order valence-electron chi connectivity index (χ0n) is 17.4. The third-order valence-corrected chi connectivity index (χ3v) is 5.25. The Bertz CT molecular complexity index is 1170. The van der Waals surface area contributed by atoms with Gasteiger partial charge in [-0.1, -0.05) is 5.16 Å². The molecule has 0 bridgehead atoms. The number of hydrogen-bond donors (Lipinski definition) is 0. The molecule has 0 radical (unpaired) electrons. The standard InChI is InChI=1S/C22H22N8O/c1-15-4-5-17(13-25-15)20-18(19-12-16(2)28-31-19)14-26-22(27-20)30-10-8-29(9-11-30)21-23-6-3-7-24-21/h3-7,12-14H,8-11H2,1-2H3. The van der Waals surface area contributed by atoms with Gasteiger partial charge in [-0.2, -0.15) is 0 Å². The Morgan fingerprint density at radius 2 is 1.55 bits per heavy atom. The van der Waals surface area contributed by atoms with Gasteiger partial charge in [0.15, 0.2) is 5.76 Å². The summed E-state index contributed by atoms with van der Waals surface area (Å²) in [5.74, 6) is 2.08. The van der Waals surface area contributed by atoms with Crippen molar-refractivity contribution in [2.45, 2.75) is 13.8 Å². The molecule has 0 amide bonds. The molecule has 0 spiro atoms. The lowest BCUT2D eigenvalue weighted by atomic mass is 10.1. The van der Waals surface area contributed by atoms with Gasteiger partial charge in [0.05, 0.1) is 17.0 Å². The highest BCUT2D eigenvalue weighted by Crippen LogP contribution is 2.32. The Balaban J connectivity index is 1.45. The van der Waals surface area contributed by atoms with Crippen LogP contribution < -0.4 is 9.80 Å². The summed E-state index contributed by atoms with van der Waals surface area (Å²) in [5.41, 5.74) is 4.25. The summed E-state index contributed by atoms with van der Waals surface area (Å²) < 4.78 is 5.50. The third-order valence-electron chi connectivity index (χ3n) is 5.25. The van der Waals surface area contributed by atoms with Gasteiger partial charge >= 0.3 is 0 Å². The van der Waals surface area contributed by atoms with Gasteiger partial charge in [0.25, 0.3) is 0 Å². The van der Waals surface area contributed by atoms with Crippen LogP contribution in [0, 0.1) is 13.8 Å². The summed E-state index contributed by atoms with van der Waals surface area (Å²) in [6.07, 6.45) is 7.18. The highest BCUT2D eigenvalue weighted by Gasteiger charge is 2.23. The van der Waals surface area contributed by atoms with Crippen molar-refractivity contribution >= 4 is 11.9 Å². The van der Waals surface area contributed by atoms with E-state index in [4.69, 9.17) is 9.51 Å². The molecule has 1 fully saturated rings. The van der Waals surface area contributed by atoms with E-state index in [0.29, 0.717) is 11.7 Å². The first-order valence-electron chi connectivity index (χ1n) is 10.2. The summed E-state index contributed by atoms with van der Waals surface area (Å²) >= 11 is 0. The normalized spacial score (nSPS) is 14.1. The second-order valence-electron chi connectivity index (χ2n) is 7.48. The molecule has 1 saturated heterocycles. The minimum atomic E-state index is 0.644. The maximum Gasteiger partial charge on any atom is 0.226 e. The first-order chi connectivity index (χ1) is 15.2. The van der Waals surface area contributed by atoms with E-state index >= 15 is 0 Å². The van der Waals surface area contributed by atoms with Crippen LogP contribution in [0.25, 0.3) is 22.6 Å². The second-order valence-corrected chi connectivity index (χ2v) is 7.48. The van der Waals surface area contributed by atoms with E-state index in [1.54, 1.807) is 12.4 Å². The number of piperazine rings is 1. The summed E-state index contributed by atoms with van der Waals surface area (Å²) in [5, 5.41) is 4.02. The van der Waals surface area contributed by atoms with Gasteiger partial charge in [-0.15, -0.1) is 0 Å². The molecule has 9 nitrogen and oxygen atoms in total. The number of nitrogens with zero attached hydrogens (tertiary/aromatic N) is 8. The van der Waals surface area contributed by atoms with Crippen molar-refractivity contribution in [3.63, 3.8) is 0 Å². The first-order valence-corrected chi connectivity index (χ1v) is 10.2. The number of anilines is 2. The largest absolute Gasteiger partial charge is 0.356 e. The van der Waals surface area contributed by atoms with Crippen molar-refractivity contribution < 1.29 is 4.52 Å². The lowest BCUT2D eigenvalue weighted by Crippen LogP contribution is -2.47. The quantitative estimate of drug-likeness (QED) is 0.499. The zero-order chi connectivity index (χ0) is 21.2. The fourth-order valence-electron chi connectivity index (χ4n) is 3.58. The number of pyridine rings is 1. The molecule has 5 heterocycles. The van der Waals surface area contributed by atoms with Crippen molar-refractivity contribution in [2.24, 2.45) is 0 Å². The maximum atomic E-state index is 5.50. The predicted octanol–water partition coefficient (Wildman–Crippen LogP) is 2.93. The van der Waals surface area contributed by atoms with Gasteiger partial charge < -0.3 is 14.3 Å². The number of aryl methyl sites for hydroxylation is 2. The molecule has 0 aromatic carbocycles.